The van der Waals surface area contributed by atoms with E-state index in [9.17, 15) is 4.79 Å². The first-order valence-corrected chi connectivity index (χ1v) is 8.56. The van der Waals surface area contributed by atoms with Crippen LogP contribution in [-0.4, -0.2) is 30.0 Å². The van der Waals surface area contributed by atoms with Crippen LogP contribution < -0.4 is 10.6 Å². The Balaban J connectivity index is 1.65. The molecule has 3 nitrogen and oxygen atoms in total. The van der Waals surface area contributed by atoms with Crippen molar-refractivity contribution in [1.82, 2.24) is 10.6 Å². The van der Waals surface area contributed by atoms with Crippen molar-refractivity contribution >= 4 is 29.0 Å². The van der Waals surface area contributed by atoms with E-state index in [1.54, 1.807) is 0 Å². The van der Waals surface area contributed by atoms with E-state index >= 15 is 0 Å². The van der Waals surface area contributed by atoms with Gasteiger partial charge in [-0.2, -0.15) is 11.8 Å². The highest BCUT2D eigenvalue weighted by Crippen LogP contribution is 2.33. The monoisotopic (exact) mass is 282 g/mol. The summed E-state index contributed by atoms with van der Waals surface area (Å²) >= 11 is 3.68. The lowest BCUT2D eigenvalue weighted by atomic mass is 9.94. The third-order valence-electron chi connectivity index (χ3n) is 3.61. The third kappa shape index (κ3) is 2.58. The minimum atomic E-state index is -0.00670. The minimum absolute atomic E-state index is 0.00670. The number of thiophene rings is 1. The lowest BCUT2D eigenvalue weighted by Crippen LogP contribution is -2.49. The fraction of sp³-hybridized carbons (Fsp3) is 0.615. The Hall–Kier alpha value is -0.520. The summed E-state index contributed by atoms with van der Waals surface area (Å²) < 4.78 is 0. The van der Waals surface area contributed by atoms with Crippen LogP contribution in [0.15, 0.2) is 11.4 Å². The number of hydrogen-bond donors (Lipinski definition) is 2. The summed E-state index contributed by atoms with van der Waals surface area (Å²) in [5.41, 5.74) is 1.35. The summed E-state index contributed by atoms with van der Waals surface area (Å²) in [7, 11) is 0. The van der Waals surface area contributed by atoms with Crippen molar-refractivity contribution in [3.8, 4) is 0 Å². The highest BCUT2D eigenvalue weighted by atomic mass is 32.2. The maximum absolute atomic E-state index is 12.2. The molecule has 1 aromatic heterocycles. The van der Waals surface area contributed by atoms with Crippen molar-refractivity contribution in [1.29, 1.82) is 0 Å². The van der Waals surface area contributed by atoms with Gasteiger partial charge in [-0.3, -0.25) is 4.79 Å². The second-order valence-electron chi connectivity index (χ2n) is 4.83. The number of hydrogen-bond acceptors (Lipinski definition) is 4. The van der Waals surface area contributed by atoms with Gasteiger partial charge in [0.25, 0.3) is 0 Å². The van der Waals surface area contributed by atoms with Crippen LogP contribution in [0.3, 0.4) is 0 Å². The zero-order chi connectivity index (χ0) is 12.4. The van der Waals surface area contributed by atoms with E-state index in [0.717, 1.165) is 24.5 Å². The first kappa shape index (κ1) is 12.5. The Bertz CT molecular complexity index is 426. The Kier molecular flexibility index (Phi) is 3.91. The standard InChI is InChI=1S/C13H18N2OS2/c16-13(11-8-17-7-5-14-11)15-10-2-1-3-12-9(10)4-6-18-12/h4,6,10-11,14H,1-3,5,7-8H2,(H,15,16). The zero-order valence-electron chi connectivity index (χ0n) is 10.3. The van der Waals surface area contributed by atoms with Gasteiger partial charge in [-0.15, -0.1) is 11.3 Å². The predicted octanol–water partition coefficient (Wildman–Crippen LogP) is 1.95. The van der Waals surface area contributed by atoms with Crippen LogP contribution in [0.25, 0.3) is 0 Å². The Morgan fingerprint density at radius 1 is 1.50 bits per heavy atom. The molecule has 2 atom stereocenters. The van der Waals surface area contributed by atoms with E-state index in [4.69, 9.17) is 0 Å². The second kappa shape index (κ2) is 5.63. The van der Waals surface area contributed by atoms with Gasteiger partial charge in [0.05, 0.1) is 12.1 Å². The number of carbonyl (C=O) groups excluding carboxylic acids is 1. The van der Waals surface area contributed by atoms with Crippen LogP contribution >= 0.6 is 23.1 Å². The van der Waals surface area contributed by atoms with Gasteiger partial charge < -0.3 is 10.6 Å². The summed E-state index contributed by atoms with van der Waals surface area (Å²) in [6.45, 7) is 0.942. The highest BCUT2D eigenvalue weighted by molar-refractivity contribution is 7.99. The molecule has 1 aliphatic heterocycles. The molecule has 0 spiro atoms. The fourth-order valence-corrected chi connectivity index (χ4v) is 4.56. The average Bonchev–Trinajstić information content (AvgIpc) is 2.89. The lowest BCUT2D eigenvalue weighted by molar-refractivity contribution is -0.123. The van der Waals surface area contributed by atoms with Crippen LogP contribution in [0.4, 0.5) is 0 Å². The van der Waals surface area contributed by atoms with E-state index in [2.05, 4.69) is 22.1 Å². The Labute approximate surface area is 116 Å². The Morgan fingerprint density at radius 3 is 3.28 bits per heavy atom. The molecule has 1 aromatic rings. The van der Waals surface area contributed by atoms with Gasteiger partial charge in [-0.25, -0.2) is 0 Å². The summed E-state index contributed by atoms with van der Waals surface area (Å²) in [5.74, 6) is 2.18. The molecule has 1 saturated heterocycles. The van der Waals surface area contributed by atoms with Gasteiger partial charge in [0.1, 0.15) is 0 Å². The molecule has 1 aliphatic carbocycles. The van der Waals surface area contributed by atoms with Crippen molar-refractivity contribution < 1.29 is 4.79 Å². The van der Waals surface area contributed by atoms with Crippen molar-refractivity contribution in [2.45, 2.75) is 31.3 Å². The molecule has 1 amide bonds. The number of rotatable bonds is 2. The fourth-order valence-electron chi connectivity index (χ4n) is 2.64. The summed E-state index contributed by atoms with van der Waals surface area (Å²) in [6.07, 6.45) is 3.44. The topological polar surface area (TPSA) is 41.1 Å². The average molecular weight is 282 g/mol. The molecule has 2 unspecified atom stereocenters. The van der Waals surface area contributed by atoms with Crippen molar-refractivity contribution in [3.05, 3.63) is 21.9 Å². The van der Waals surface area contributed by atoms with Crippen LogP contribution in [0.2, 0.25) is 0 Å². The highest BCUT2D eigenvalue weighted by Gasteiger charge is 2.27. The molecule has 0 bridgehead atoms. The molecule has 0 saturated carbocycles. The van der Waals surface area contributed by atoms with Crippen molar-refractivity contribution in [2.75, 3.05) is 18.1 Å². The van der Waals surface area contributed by atoms with E-state index < -0.39 is 0 Å². The molecule has 98 valence electrons. The SMILES string of the molecule is O=C(NC1CCCc2sccc21)C1CSCCN1. The molecule has 1 fully saturated rings. The molecule has 5 heteroatoms. The molecular formula is C13H18N2OS2. The molecule has 3 rings (SSSR count). The van der Waals surface area contributed by atoms with Crippen LogP contribution in [0.5, 0.6) is 0 Å². The summed E-state index contributed by atoms with van der Waals surface area (Å²) in [4.78, 5) is 13.7. The van der Waals surface area contributed by atoms with E-state index in [1.807, 2.05) is 23.1 Å². The first-order chi connectivity index (χ1) is 8.84. The number of nitrogens with one attached hydrogen (secondary N) is 2. The van der Waals surface area contributed by atoms with Gasteiger partial charge in [0, 0.05) is 22.9 Å². The third-order valence-corrected chi connectivity index (χ3v) is 5.66. The maximum atomic E-state index is 12.2. The van der Waals surface area contributed by atoms with Gasteiger partial charge in [-0.05, 0) is 36.3 Å². The van der Waals surface area contributed by atoms with E-state index in [-0.39, 0.29) is 18.0 Å². The largest absolute Gasteiger partial charge is 0.348 e. The molecular weight excluding hydrogens is 264 g/mol. The maximum Gasteiger partial charge on any atom is 0.238 e. The lowest BCUT2D eigenvalue weighted by Gasteiger charge is -2.28. The molecule has 18 heavy (non-hydrogen) atoms. The van der Waals surface area contributed by atoms with Gasteiger partial charge in [0.2, 0.25) is 5.91 Å². The van der Waals surface area contributed by atoms with Gasteiger partial charge in [-0.1, -0.05) is 0 Å². The van der Waals surface area contributed by atoms with Crippen LogP contribution in [-0.2, 0) is 11.2 Å². The van der Waals surface area contributed by atoms with Gasteiger partial charge in [0.15, 0.2) is 0 Å². The van der Waals surface area contributed by atoms with Crippen LogP contribution in [0.1, 0.15) is 29.3 Å². The number of carbonyl (C=O) groups is 1. The summed E-state index contributed by atoms with van der Waals surface area (Å²) in [5, 5.41) is 8.66. The quantitative estimate of drug-likeness (QED) is 0.871. The van der Waals surface area contributed by atoms with Crippen molar-refractivity contribution in [3.63, 3.8) is 0 Å². The number of fused-ring (bicyclic) bond motifs is 1. The summed E-state index contributed by atoms with van der Waals surface area (Å²) in [6, 6.07) is 2.40. The second-order valence-corrected chi connectivity index (χ2v) is 6.98. The number of amides is 1. The van der Waals surface area contributed by atoms with Gasteiger partial charge >= 0.3 is 0 Å². The molecule has 2 heterocycles. The first-order valence-electron chi connectivity index (χ1n) is 6.52. The van der Waals surface area contributed by atoms with Crippen molar-refractivity contribution in [2.24, 2.45) is 0 Å². The Morgan fingerprint density at radius 2 is 2.44 bits per heavy atom. The molecule has 2 aliphatic rings. The number of aryl methyl sites for hydroxylation is 1. The van der Waals surface area contributed by atoms with E-state index in [1.165, 1.54) is 23.3 Å². The minimum Gasteiger partial charge on any atom is -0.348 e. The van der Waals surface area contributed by atoms with Crippen LogP contribution in [0, 0.1) is 0 Å². The normalized spacial score (nSPS) is 27.6. The number of thioether (sulfide) groups is 1. The molecule has 0 radical (unpaired) electrons. The predicted molar refractivity (Wildman–Crippen MR) is 77.3 cm³/mol. The smallest absolute Gasteiger partial charge is 0.238 e. The van der Waals surface area contributed by atoms with E-state index in [0.29, 0.717) is 0 Å². The molecule has 2 N–H and O–H groups in total. The molecule has 0 aromatic carbocycles. The zero-order valence-corrected chi connectivity index (χ0v) is 11.9.